The number of rotatable bonds is 9. The Morgan fingerprint density at radius 1 is 1.05 bits per heavy atom. The maximum Gasteiger partial charge on any atom is 0.325 e. The molecule has 0 bridgehead atoms. The molecular formula is C26H31N3O7S2. The highest BCUT2D eigenvalue weighted by atomic mass is 32.2. The molecule has 1 aliphatic heterocycles. The fourth-order valence-corrected chi connectivity index (χ4v) is 6.85. The van der Waals surface area contributed by atoms with Gasteiger partial charge in [0.1, 0.15) is 6.54 Å². The monoisotopic (exact) mass is 561 g/mol. The van der Waals surface area contributed by atoms with Gasteiger partial charge in [-0.3, -0.25) is 9.59 Å². The number of carbonyl (C=O) groups excluding carboxylic acids is 2. The highest BCUT2D eigenvalue weighted by molar-refractivity contribution is 7.89. The number of carbonyl (C=O) groups is 2. The van der Waals surface area contributed by atoms with Gasteiger partial charge in [0.2, 0.25) is 16.8 Å². The molecular weight excluding hydrogens is 530 g/mol. The van der Waals surface area contributed by atoms with Crippen LogP contribution in [0.2, 0.25) is 0 Å². The smallest absolute Gasteiger partial charge is 0.325 e. The number of sulfonamides is 1. The van der Waals surface area contributed by atoms with E-state index in [9.17, 15) is 18.0 Å². The van der Waals surface area contributed by atoms with Crippen LogP contribution < -0.4 is 14.3 Å². The second-order valence-corrected chi connectivity index (χ2v) is 12.7. The summed E-state index contributed by atoms with van der Waals surface area (Å²) in [5.74, 6) is 0.370. The van der Waals surface area contributed by atoms with Crippen LogP contribution in [0.5, 0.6) is 11.5 Å². The van der Waals surface area contributed by atoms with Crippen molar-refractivity contribution in [2.45, 2.75) is 39.1 Å². The highest BCUT2D eigenvalue weighted by Crippen LogP contribution is 2.37. The standard InChI is InChI=1S/C26H31N3O7S2/c1-16(2)12-28(13-17(3)4)38(32,33)19-8-6-18(7-9-19)25(31)27-26-29(14-24(30)34-5)20-10-21-22(36-15-35-21)11-23(20)37-26/h6-11,16-17H,12-15H2,1-5H3. The van der Waals surface area contributed by atoms with Gasteiger partial charge in [0.05, 0.1) is 22.2 Å². The first-order valence-corrected chi connectivity index (χ1v) is 14.4. The summed E-state index contributed by atoms with van der Waals surface area (Å²) in [6, 6.07) is 9.28. The zero-order valence-electron chi connectivity index (χ0n) is 22.0. The molecule has 1 aromatic heterocycles. The summed E-state index contributed by atoms with van der Waals surface area (Å²) in [5.41, 5.74) is 0.868. The molecule has 2 aromatic carbocycles. The molecule has 1 aliphatic rings. The van der Waals surface area contributed by atoms with E-state index in [4.69, 9.17) is 14.2 Å². The van der Waals surface area contributed by atoms with Crippen molar-refractivity contribution in [3.05, 3.63) is 46.8 Å². The Morgan fingerprint density at radius 2 is 1.66 bits per heavy atom. The molecule has 0 unspecified atom stereocenters. The second kappa shape index (κ2) is 11.3. The van der Waals surface area contributed by atoms with Gasteiger partial charge in [-0.25, -0.2) is 8.42 Å². The minimum atomic E-state index is -3.72. The number of ether oxygens (including phenoxy) is 3. The molecule has 2 heterocycles. The number of methoxy groups -OCH3 is 1. The Hall–Kier alpha value is -3.22. The van der Waals surface area contributed by atoms with Crippen molar-refractivity contribution in [1.29, 1.82) is 0 Å². The summed E-state index contributed by atoms with van der Waals surface area (Å²) < 4.78 is 46.1. The Balaban J connectivity index is 1.68. The fourth-order valence-electron chi connectivity index (χ4n) is 4.05. The lowest BCUT2D eigenvalue weighted by molar-refractivity contribution is -0.141. The average molecular weight is 562 g/mol. The van der Waals surface area contributed by atoms with Gasteiger partial charge in [0.25, 0.3) is 5.91 Å². The van der Waals surface area contributed by atoms with Gasteiger partial charge in [-0.15, -0.1) is 0 Å². The highest BCUT2D eigenvalue weighted by Gasteiger charge is 2.26. The van der Waals surface area contributed by atoms with Crippen LogP contribution in [-0.4, -0.2) is 56.2 Å². The second-order valence-electron chi connectivity index (χ2n) is 9.77. The lowest BCUT2D eigenvalue weighted by Gasteiger charge is -2.25. The van der Waals surface area contributed by atoms with Gasteiger partial charge in [-0.2, -0.15) is 9.30 Å². The molecule has 3 aromatic rings. The summed E-state index contributed by atoms with van der Waals surface area (Å²) in [7, 11) is -2.44. The molecule has 0 saturated carbocycles. The van der Waals surface area contributed by atoms with E-state index in [1.165, 1.54) is 47.0 Å². The number of amides is 1. The Labute approximate surface area is 225 Å². The normalized spacial score (nSPS) is 13.7. The number of esters is 1. The summed E-state index contributed by atoms with van der Waals surface area (Å²) in [6.07, 6.45) is 0. The lowest BCUT2D eigenvalue weighted by atomic mass is 10.2. The van der Waals surface area contributed by atoms with Crippen LogP contribution >= 0.6 is 11.3 Å². The van der Waals surface area contributed by atoms with E-state index < -0.39 is 21.9 Å². The number of fused-ring (bicyclic) bond motifs is 2. The van der Waals surface area contributed by atoms with Crippen molar-refractivity contribution in [2.75, 3.05) is 27.0 Å². The predicted octanol–water partition coefficient (Wildman–Crippen LogP) is 3.65. The van der Waals surface area contributed by atoms with Gasteiger partial charge in [0.15, 0.2) is 16.3 Å². The van der Waals surface area contributed by atoms with Crippen LogP contribution in [0.4, 0.5) is 0 Å². The van der Waals surface area contributed by atoms with E-state index in [1.54, 1.807) is 16.7 Å². The van der Waals surface area contributed by atoms with Crippen LogP contribution in [-0.2, 0) is 26.1 Å². The SMILES string of the molecule is COC(=O)Cn1c(=NC(=O)c2ccc(S(=O)(=O)N(CC(C)C)CC(C)C)cc2)sc2cc3c(cc21)OCO3. The first kappa shape index (κ1) is 27.8. The van der Waals surface area contributed by atoms with E-state index in [0.29, 0.717) is 30.1 Å². The van der Waals surface area contributed by atoms with E-state index in [2.05, 4.69) is 4.99 Å². The molecule has 10 nitrogen and oxygen atoms in total. The number of benzene rings is 2. The Kier molecular flexibility index (Phi) is 8.24. The molecule has 0 N–H and O–H groups in total. The molecule has 0 spiro atoms. The van der Waals surface area contributed by atoms with Crippen molar-refractivity contribution in [2.24, 2.45) is 16.8 Å². The van der Waals surface area contributed by atoms with E-state index >= 15 is 0 Å². The lowest BCUT2D eigenvalue weighted by Crippen LogP contribution is -2.37. The molecule has 0 aliphatic carbocycles. The van der Waals surface area contributed by atoms with Crippen LogP contribution in [0.15, 0.2) is 46.3 Å². The number of hydrogen-bond acceptors (Lipinski definition) is 8. The zero-order valence-corrected chi connectivity index (χ0v) is 23.6. The van der Waals surface area contributed by atoms with Gasteiger partial charge in [-0.1, -0.05) is 39.0 Å². The average Bonchev–Trinajstić information content (AvgIpc) is 3.45. The third-order valence-electron chi connectivity index (χ3n) is 5.77. The topological polar surface area (TPSA) is 117 Å². The molecule has 0 saturated heterocycles. The van der Waals surface area contributed by atoms with Gasteiger partial charge in [-0.05, 0) is 36.1 Å². The van der Waals surface area contributed by atoms with Crippen LogP contribution in [0.1, 0.15) is 38.1 Å². The van der Waals surface area contributed by atoms with Crippen LogP contribution in [0, 0.1) is 11.8 Å². The maximum atomic E-state index is 13.3. The molecule has 38 heavy (non-hydrogen) atoms. The van der Waals surface area contributed by atoms with E-state index in [1.807, 2.05) is 27.7 Å². The Morgan fingerprint density at radius 3 is 2.24 bits per heavy atom. The van der Waals surface area contributed by atoms with Gasteiger partial charge in [0, 0.05) is 30.8 Å². The minimum absolute atomic E-state index is 0.109. The zero-order chi connectivity index (χ0) is 27.6. The number of hydrogen-bond donors (Lipinski definition) is 0. The summed E-state index contributed by atoms with van der Waals surface area (Å²) in [6.45, 7) is 8.66. The quantitative estimate of drug-likeness (QED) is 0.366. The Bertz CT molecular complexity index is 1510. The van der Waals surface area contributed by atoms with Gasteiger partial charge < -0.3 is 18.8 Å². The third kappa shape index (κ3) is 5.92. The summed E-state index contributed by atoms with van der Waals surface area (Å²) >= 11 is 1.22. The van der Waals surface area contributed by atoms with Crippen molar-refractivity contribution < 1.29 is 32.2 Å². The molecule has 204 valence electrons. The van der Waals surface area contributed by atoms with E-state index in [-0.39, 0.29) is 40.4 Å². The molecule has 12 heteroatoms. The molecule has 0 fully saturated rings. The van der Waals surface area contributed by atoms with Crippen molar-refractivity contribution in [1.82, 2.24) is 8.87 Å². The largest absolute Gasteiger partial charge is 0.468 e. The summed E-state index contributed by atoms with van der Waals surface area (Å²) in [5, 5.41) is 0. The van der Waals surface area contributed by atoms with E-state index in [0.717, 1.165) is 4.70 Å². The maximum absolute atomic E-state index is 13.3. The fraction of sp³-hybridized carbons (Fsp3) is 0.423. The third-order valence-corrected chi connectivity index (χ3v) is 8.65. The first-order valence-electron chi connectivity index (χ1n) is 12.2. The molecule has 1 amide bonds. The van der Waals surface area contributed by atoms with Crippen LogP contribution in [0.3, 0.4) is 0 Å². The number of nitrogens with zero attached hydrogens (tertiary/aromatic N) is 3. The van der Waals surface area contributed by atoms with Gasteiger partial charge >= 0.3 is 5.97 Å². The van der Waals surface area contributed by atoms with Crippen molar-refractivity contribution in [3.8, 4) is 11.5 Å². The van der Waals surface area contributed by atoms with Crippen molar-refractivity contribution in [3.63, 3.8) is 0 Å². The minimum Gasteiger partial charge on any atom is -0.468 e. The number of thiazole rings is 1. The van der Waals surface area contributed by atoms with Crippen molar-refractivity contribution >= 4 is 43.5 Å². The molecule has 0 radical (unpaired) electrons. The summed E-state index contributed by atoms with van der Waals surface area (Å²) in [4.78, 5) is 29.9. The first-order chi connectivity index (χ1) is 18.0. The molecule has 4 rings (SSSR count). The molecule has 0 atom stereocenters. The number of aromatic nitrogens is 1. The van der Waals surface area contributed by atoms with Crippen LogP contribution in [0.25, 0.3) is 10.2 Å². The predicted molar refractivity (Wildman–Crippen MR) is 143 cm³/mol.